The number of aromatic nitrogens is 1. The van der Waals surface area contributed by atoms with Gasteiger partial charge in [0.05, 0.1) is 12.1 Å². The molecular weight excluding hydrogens is 313 g/mol. The van der Waals surface area contributed by atoms with Crippen LogP contribution in [-0.4, -0.2) is 40.8 Å². The van der Waals surface area contributed by atoms with Gasteiger partial charge >= 0.3 is 6.18 Å². The normalized spacial score (nSPS) is 18.1. The number of amides is 1. The summed E-state index contributed by atoms with van der Waals surface area (Å²) in [6, 6.07) is 1.72. The van der Waals surface area contributed by atoms with Crippen LogP contribution in [0.3, 0.4) is 0 Å². The lowest BCUT2D eigenvalue weighted by Gasteiger charge is -2.17. The van der Waals surface area contributed by atoms with E-state index in [0.717, 1.165) is 18.3 Å². The largest absolute Gasteiger partial charge is 0.472 e. The highest BCUT2D eigenvalue weighted by atomic mass is 19.4. The fourth-order valence-electron chi connectivity index (χ4n) is 2.31. The number of halogens is 3. The highest BCUT2D eigenvalue weighted by molar-refractivity contribution is 5.83. The number of ketones is 1. The Bertz CT molecular complexity index is 590. The molecule has 0 bridgehead atoms. The molecule has 0 saturated carbocycles. The summed E-state index contributed by atoms with van der Waals surface area (Å²) in [5.41, 5.74) is -0.824. The summed E-state index contributed by atoms with van der Waals surface area (Å²) in [5.74, 6) is -0.315. The SMILES string of the molecule is CC(=O)CCC(=O)N1CCC(Oc2cc(C(F)(F)F)ccn2)C1. The molecular formula is C15H17F3N2O3. The molecule has 1 aromatic heterocycles. The highest BCUT2D eigenvalue weighted by Gasteiger charge is 2.32. The minimum Gasteiger partial charge on any atom is -0.472 e. The van der Waals surface area contributed by atoms with Gasteiger partial charge in [0.25, 0.3) is 0 Å². The van der Waals surface area contributed by atoms with Gasteiger partial charge in [0.1, 0.15) is 11.9 Å². The Morgan fingerprint density at radius 2 is 2.13 bits per heavy atom. The molecule has 0 aromatic carbocycles. The Morgan fingerprint density at radius 1 is 1.39 bits per heavy atom. The molecule has 1 aliphatic heterocycles. The van der Waals surface area contributed by atoms with E-state index in [1.165, 1.54) is 6.92 Å². The van der Waals surface area contributed by atoms with E-state index in [9.17, 15) is 22.8 Å². The van der Waals surface area contributed by atoms with E-state index in [4.69, 9.17) is 4.74 Å². The number of nitrogens with zero attached hydrogens (tertiary/aromatic N) is 2. The molecule has 2 rings (SSSR count). The summed E-state index contributed by atoms with van der Waals surface area (Å²) >= 11 is 0. The van der Waals surface area contributed by atoms with Crippen molar-refractivity contribution in [1.82, 2.24) is 9.88 Å². The van der Waals surface area contributed by atoms with Gasteiger partial charge in [0.2, 0.25) is 11.8 Å². The van der Waals surface area contributed by atoms with Crippen LogP contribution in [0, 0.1) is 0 Å². The fraction of sp³-hybridized carbons (Fsp3) is 0.533. The molecule has 1 aromatic rings. The Hall–Kier alpha value is -2.12. The Morgan fingerprint density at radius 3 is 2.78 bits per heavy atom. The average molecular weight is 330 g/mol. The van der Waals surface area contributed by atoms with Crippen LogP contribution < -0.4 is 4.74 Å². The van der Waals surface area contributed by atoms with Crippen molar-refractivity contribution in [3.63, 3.8) is 0 Å². The van der Waals surface area contributed by atoms with E-state index in [1.807, 2.05) is 0 Å². The minimum atomic E-state index is -4.45. The van der Waals surface area contributed by atoms with Crippen molar-refractivity contribution in [1.29, 1.82) is 0 Å². The van der Waals surface area contributed by atoms with E-state index in [2.05, 4.69) is 4.98 Å². The summed E-state index contributed by atoms with van der Waals surface area (Å²) in [7, 11) is 0. The van der Waals surface area contributed by atoms with Gasteiger partial charge < -0.3 is 14.4 Å². The number of likely N-dealkylation sites (tertiary alicyclic amines) is 1. The van der Waals surface area contributed by atoms with Crippen molar-refractivity contribution in [2.24, 2.45) is 0 Å². The van der Waals surface area contributed by atoms with Gasteiger partial charge in [-0.25, -0.2) is 4.98 Å². The van der Waals surface area contributed by atoms with Crippen LogP contribution in [0.15, 0.2) is 18.3 Å². The van der Waals surface area contributed by atoms with Crippen LogP contribution >= 0.6 is 0 Å². The minimum absolute atomic E-state index is 0.0569. The maximum atomic E-state index is 12.6. The van der Waals surface area contributed by atoms with Crippen LogP contribution in [0.1, 0.15) is 31.7 Å². The number of Topliss-reactive ketones (excluding diaryl/α,β-unsaturated/α-hetero) is 1. The van der Waals surface area contributed by atoms with E-state index < -0.39 is 17.8 Å². The molecule has 23 heavy (non-hydrogen) atoms. The molecule has 0 radical (unpaired) electrons. The first kappa shape index (κ1) is 17.2. The number of rotatable bonds is 5. The summed E-state index contributed by atoms with van der Waals surface area (Å²) in [5, 5.41) is 0. The average Bonchev–Trinajstić information content (AvgIpc) is 2.92. The number of pyridine rings is 1. The van der Waals surface area contributed by atoms with Crippen molar-refractivity contribution >= 4 is 11.7 Å². The van der Waals surface area contributed by atoms with Gasteiger partial charge in [-0.15, -0.1) is 0 Å². The molecule has 0 spiro atoms. The van der Waals surface area contributed by atoms with Crippen molar-refractivity contribution in [3.05, 3.63) is 23.9 Å². The first-order valence-corrected chi connectivity index (χ1v) is 7.23. The Labute approximate surface area is 131 Å². The third-order valence-corrected chi connectivity index (χ3v) is 3.54. The van der Waals surface area contributed by atoms with Gasteiger partial charge in [0, 0.05) is 38.1 Å². The van der Waals surface area contributed by atoms with E-state index in [-0.39, 0.29) is 37.0 Å². The maximum Gasteiger partial charge on any atom is 0.416 e. The molecule has 1 saturated heterocycles. The quantitative estimate of drug-likeness (QED) is 0.832. The van der Waals surface area contributed by atoms with Gasteiger partial charge in [-0.05, 0) is 13.0 Å². The van der Waals surface area contributed by atoms with Crippen LogP contribution in [-0.2, 0) is 15.8 Å². The first-order valence-electron chi connectivity index (χ1n) is 7.23. The van der Waals surface area contributed by atoms with Gasteiger partial charge in [0.15, 0.2) is 0 Å². The van der Waals surface area contributed by atoms with E-state index >= 15 is 0 Å². The van der Waals surface area contributed by atoms with Crippen LogP contribution in [0.2, 0.25) is 0 Å². The molecule has 8 heteroatoms. The van der Waals surface area contributed by atoms with Gasteiger partial charge in [-0.3, -0.25) is 4.79 Å². The standard InChI is InChI=1S/C15H17F3N2O3/c1-10(21)2-3-14(22)20-7-5-12(9-20)23-13-8-11(4-6-19-13)15(16,17)18/h4,6,8,12H,2-3,5,7,9H2,1H3. The predicted octanol–water partition coefficient (Wildman–Crippen LogP) is 2.45. The predicted molar refractivity (Wildman–Crippen MR) is 74.8 cm³/mol. The van der Waals surface area contributed by atoms with E-state index in [1.54, 1.807) is 4.90 Å². The first-order chi connectivity index (χ1) is 10.8. The van der Waals surface area contributed by atoms with Gasteiger partial charge in [-0.1, -0.05) is 0 Å². The lowest BCUT2D eigenvalue weighted by molar-refractivity contribution is -0.137. The summed E-state index contributed by atoms with van der Waals surface area (Å²) in [6.07, 6.45) is -2.95. The third-order valence-electron chi connectivity index (χ3n) is 3.54. The summed E-state index contributed by atoms with van der Waals surface area (Å²) in [4.78, 5) is 28.1. The molecule has 1 aliphatic rings. The molecule has 5 nitrogen and oxygen atoms in total. The van der Waals surface area contributed by atoms with Gasteiger partial charge in [-0.2, -0.15) is 13.2 Å². The zero-order valence-electron chi connectivity index (χ0n) is 12.6. The number of hydrogen-bond donors (Lipinski definition) is 0. The number of ether oxygens (including phenoxy) is 1. The smallest absolute Gasteiger partial charge is 0.416 e. The zero-order chi connectivity index (χ0) is 17.0. The zero-order valence-corrected chi connectivity index (χ0v) is 12.6. The number of carbonyl (C=O) groups excluding carboxylic acids is 2. The van der Waals surface area contributed by atoms with Crippen LogP contribution in [0.5, 0.6) is 5.88 Å². The summed E-state index contributed by atoms with van der Waals surface area (Å²) in [6.45, 7) is 2.16. The third kappa shape index (κ3) is 4.94. The molecule has 0 N–H and O–H groups in total. The second-order valence-corrected chi connectivity index (χ2v) is 5.45. The molecule has 0 aliphatic carbocycles. The lowest BCUT2D eigenvalue weighted by atomic mass is 10.2. The van der Waals surface area contributed by atoms with Crippen molar-refractivity contribution in [3.8, 4) is 5.88 Å². The Balaban J connectivity index is 1.91. The fourth-order valence-corrected chi connectivity index (χ4v) is 2.31. The van der Waals surface area contributed by atoms with Crippen molar-refractivity contribution in [2.45, 2.75) is 38.5 Å². The molecule has 1 atom stereocenters. The molecule has 1 fully saturated rings. The number of alkyl halides is 3. The van der Waals surface area contributed by atoms with Crippen LogP contribution in [0.4, 0.5) is 13.2 Å². The maximum absolute atomic E-state index is 12.6. The molecule has 126 valence electrons. The second-order valence-electron chi connectivity index (χ2n) is 5.45. The number of carbonyl (C=O) groups is 2. The lowest BCUT2D eigenvalue weighted by Crippen LogP contribution is -2.31. The monoisotopic (exact) mass is 330 g/mol. The highest BCUT2D eigenvalue weighted by Crippen LogP contribution is 2.31. The number of hydrogen-bond acceptors (Lipinski definition) is 4. The topological polar surface area (TPSA) is 59.5 Å². The molecule has 2 heterocycles. The van der Waals surface area contributed by atoms with Crippen molar-refractivity contribution in [2.75, 3.05) is 13.1 Å². The molecule has 1 unspecified atom stereocenters. The second kappa shape index (κ2) is 6.97. The van der Waals surface area contributed by atoms with Crippen LogP contribution in [0.25, 0.3) is 0 Å². The molecule has 1 amide bonds. The summed E-state index contributed by atoms with van der Waals surface area (Å²) < 4.78 is 43.4. The van der Waals surface area contributed by atoms with E-state index in [0.29, 0.717) is 13.0 Å². The Kier molecular flexibility index (Phi) is 5.23. The van der Waals surface area contributed by atoms with Crippen molar-refractivity contribution < 1.29 is 27.5 Å².